The number of hydrogen-bond donors (Lipinski definition) is 0. The maximum Gasteiger partial charge on any atom is -0.0302 e. The van der Waals surface area contributed by atoms with Crippen LogP contribution in [0, 0.1) is 5.41 Å². The van der Waals surface area contributed by atoms with Gasteiger partial charge in [-0.1, -0.05) is 52.7 Å². The maximum absolute atomic E-state index is 2.33. The van der Waals surface area contributed by atoms with E-state index >= 15 is 0 Å². The van der Waals surface area contributed by atoms with Crippen molar-refractivity contribution >= 4 is 0 Å². The van der Waals surface area contributed by atoms with Crippen LogP contribution in [0.3, 0.4) is 0 Å². The Bertz CT molecular complexity index is 114. The molecule has 0 aliphatic heterocycles. The number of unbranched alkanes of at least 4 members (excludes halogenated alkanes) is 3. The third-order valence-corrected chi connectivity index (χ3v) is 1.87. The zero-order valence-corrected chi connectivity index (χ0v) is 9.19. The lowest BCUT2D eigenvalue weighted by molar-refractivity contribution is 0.420. The molecule has 0 saturated carbocycles. The first kappa shape index (κ1) is 11.7. The van der Waals surface area contributed by atoms with Crippen LogP contribution in [-0.4, -0.2) is 0 Å². The molecule has 0 bridgehead atoms. The van der Waals surface area contributed by atoms with Crippen LogP contribution < -0.4 is 0 Å². The zero-order valence-electron chi connectivity index (χ0n) is 9.19. The molecule has 0 aromatic carbocycles. The van der Waals surface area contributed by atoms with Gasteiger partial charge in [0.1, 0.15) is 0 Å². The van der Waals surface area contributed by atoms with Gasteiger partial charge < -0.3 is 0 Å². The molecule has 0 N–H and O–H groups in total. The Morgan fingerprint density at radius 2 is 1.67 bits per heavy atom. The first-order valence-electron chi connectivity index (χ1n) is 5.21. The summed E-state index contributed by atoms with van der Waals surface area (Å²) < 4.78 is 0. The predicted octanol–water partition coefficient (Wildman–Crippen LogP) is 4.56. The summed E-state index contributed by atoms with van der Waals surface area (Å²) in [5.74, 6) is 0. The largest absolute Gasteiger partial charge is 0.0885 e. The highest BCUT2D eigenvalue weighted by molar-refractivity contribution is 4.85. The molecule has 12 heavy (non-hydrogen) atoms. The van der Waals surface area contributed by atoms with Crippen LogP contribution in [0.4, 0.5) is 0 Å². The van der Waals surface area contributed by atoms with Crippen molar-refractivity contribution in [1.29, 1.82) is 0 Å². The van der Waals surface area contributed by atoms with Crippen molar-refractivity contribution in [1.82, 2.24) is 0 Å². The average Bonchev–Trinajstić information content (AvgIpc) is 1.94. The molecule has 0 spiro atoms. The van der Waals surface area contributed by atoms with Gasteiger partial charge in [0.15, 0.2) is 0 Å². The monoisotopic (exact) mass is 168 g/mol. The Morgan fingerprint density at radius 3 is 2.17 bits per heavy atom. The molecule has 0 aliphatic carbocycles. The highest BCUT2D eigenvalue weighted by Crippen LogP contribution is 2.18. The Labute approximate surface area is 78.1 Å². The number of allylic oxidation sites excluding steroid dienone is 2. The first-order valence-corrected chi connectivity index (χ1v) is 5.21. The lowest BCUT2D eigenvalue weighted by atomic mass is 9.92. The average molecular weight is 168 g/mol. The van der Waals surface area contributed by atoms with E-state index in [1.54, 1.807) is 0 Å². The lowest BCUT2D eigenvalue weighted by Gasteiger charge is -2.14. The summed E-state index contributed by atoms with van der Waals surface area (Å²) >= 11 is 0. The lowest BCUT2D eigenvalue weighted by Crippen LogP contribution is -2.01. The van der Waals surface area contributed by atoms with Crippen LogP contribution in [0.5, 0.6) is 0 Å². The van der Waals surface area contributed by atoms with Crippen molar-refractivity contribution in [2.24, 2.45) is 5.41 Å². The second-order valence-corrected chi connectivity index (χ2v) is 4.73. The molecule has 0 radical (unpaired) electrons. The van der Waals surface area contributed by atoms with E-state index < -0.39 is 0 Å². The van der Waals surface area contributed by atoms with Crippen molar-refractivity contribution in [3.63, 3.8) is 0 Å². The highest BCUT2D eigenvalue weighted by Gasteiger charge is 2.05. The molecular weight excluding hydrogens is 144 g/mol. The Morgan fingerprint density at radius 1 is 1.00 bits per heavy atom. The first-order chi connectivity index (χ1) is 5.56. The summed E-state index contributed by atoms with van der Waals surface area (Å²) in [5.41, 5.74) is 0.460. The molecule has 0 saturated heterocycles. The normalized spacial score (nSPS) is 12.7. The molecule has 0 aromatic rings. The van der Waals surface area contributed by atoms with Crippen LogP contribution in [0.1, 0.15) is 59.8 Å². The SMILES string of the molecule is CCCCC/C=C/CC(C)(C)C. The van der Waals surface area contributed by atoms with E-state index in [4.69, 9.17) is 0 Å². The van der Waals surface area contributed by atoms with Gasteiger partial charge in [0.25, 0.3) is 0 Å². The molecule has 0 aliphatic rings. The molecule has 0 heteroatoms. The molecule has 0 amide bonds. The van der Waals surface area contributed by atoms with E-state index in [0.717, 1.165) is 0 Å². The van der Waals surface area contributed by atoms with Crippen LogP contribution >= 0.6 is 0 Å². The summed E-state index contributed by atoms with van der Waals surface area (Å²) in [6, 6.07) is 0. The van der Waals surface area contributed by atoms with Gasteiger partial charge in [0.2, 0.25) is 0 Å². The zero-order chi connectivity index (χ0) is 9.45. The summed E-state index contributed by atoms with van der Waals surface area (Å²) in [6.07, 6.45) is 11.2. The van der Waals surface area contributed by atoms with Crippen molar-refractivity contribution in [2.45, 2.75) is 59.8 Å². The number of rotatable bonds is 5. The van der Waals surface area contributed by atoms with Crippen LogP contribution in [0.2, 0.25) is 0 Å². The molecule has 0 unspecified atom stereocenters. The van der Waals surface area contributed by atoms with Gasteiger partial charge >= 0.3 is 0 Å². The van der Waals surface area contributed by atoms with Gasteiger partial charge in [-0.05, 0) is 24.7 Å². The van der Waals surface area contributed by atoms with E-state index in [9.17, 15) is 0 Å². The quantitative estimate of drug-likeness (QED) is 0.417. The fourth-order valence-corrected chi connectivity index (χ4v) is 1.07. The van der Waals surface area contributed by atoms with Crippen LogP contribution in [0.25, 0.3) is 0 Å². The predicted molar refractivity (Wildman–Crippen MR) is 57.4 cm³/mol. The summed E-state index contributed by atoms with van der Waals surface area (Å²) in [6.45, 7) is 9.09. The molecule has 0 aromatic heterocycles. The van der Waals surface area contributed by atoms with Gasteiger partial charge in [-0.15, -0.1) is 0 Å². The standard InChI is InChI=1S/C12H24/c1-5-6-7-8-9-10-11-12(2,3)4/h9-10H,5-8,11H2,1-4H3/b10-9+. The van der Waals surface area contributed by atoms with Gasteiger partial charge in [0.05, 0.1) is 0 Å². The maximum atomic E-state index is 2.33. The fourth-order valence-electron chi connectivity index (χ4n) is 1.07. The van der Waals surface area contributed by atoms with E-state index in [-0.39, 0.29) is 0 Å². The molecular formula is C12H24. The third kappa shape index (κ3) is 9.74. The van der Waals surface area contributed by atoms with Gasteiger partial charge in [-0.3, -0.25) is 0 Å². The Kier molecular flexibility index (Phi) is 6.14. The van der Waals surface area contributed by atoms with Crippen molar-refractivity contribution in [3.8, 4) is 0 Å². The van der Waals surface area contributed by atoms with E-state index in [1.165, 1.54) is 32.1 Å². The van der Waals surface area contributed by atoms with Crippen molar-refractivity contribution in [3.05, 3.63) is 12.2 Å². The molecule has 0 atom stereocenters. The second kappa shape index (κ2) is 6.28. The van der Waals surface area contributed by atoms with Crippen molar-refractivity contribution in [2.75, 3.05) is 0 Å². The second-order valence-electron chi connectivity index (χ2n) is 4.73. The van der Waals surface area contributed by atoms with Crippen molar-refractivity contribution < 1.29 is 0 Å². The van der Waals surface area contributed by atoms with E-state index in [1.807, 2.05) is 0 Å². The molecule has 72 valence electrons. The number of hydrogen-bond acceptors (Lipinski definition) is 0. The molecule has 0 heterocycles. The summed E-state index contributed by atoms with van der Waals surface area (Å²) in [4.78, 5) is 0. The molecule has 0 fully saturated rings. The Hall–Kier alpha value is -0.260. The van der Waals surface area contributed by atoms with Crippen LogP contribution in [-0.2, 0) is 0 Å². The minimum absolute atomic E-state index is 0.460. The topological polar surface area (TPSA) is 0 Å². The third-order valence-electron chi connectivity index (χ3n) is 1.87. The fraction of sp³-hybridized carbons (Fsp3) is 0.833. The Balaban J connectivity index is 3.26. The summed E-state index contributed by atoms with van der Waals surface area (Å²) in [5, 5.41) is 0. The smallest absolute Gasteiger partial charge is 0.0302 e. The molecule has 0 nitrogen and oxygen atoms in total. The highest BCUT2D eigenvalue weighted by atomic mass is 14.1. The van der Waals surface area contributed by atoms with E-state index in [2.05, 4.69) is 39.8 Å². The van der Waals surface area contributed by atoms with Gasteiger partial charge in [-0.25, -0.2) is 0 Å². The van der Waals surface area contributed by atoms with Gasteiger partial charge in [0, 0.05) is 0 Å². The minimum atomic E-state index is 0.460. The summed E-state index contributed by atoms with van der Waals surface area (Å²) in [7, 11) is 0. The minimum Gasteiger partial charge on any atom is -0.0885 e. The van der Waals surface area contributed by atoms with E-state index in [0.29, 0.717) is 5.41 Å². The van der Waals surface area contributed by atoms with Crippen LogP contribution in [0.15, 0.2) is 12.2 Å². The van der Waals surface area contributed by atoms with Gasteiger partial charge in [-0.2, -0.15) is 0 Å². The molecule has 0 rings (SSSR count).